The van der Waals surface area contributed by atoms with Gasteiger partial charge >= 0.3 is 0 Å². The lowest BCUT2D eigenvalue weighted by Gasteiger charge is -2.11. The molecular weight excluding hydrogens is 208 g/mol. The summed E-state index contributed by atoms with van der Waals surface area (Å²) in [6.07, 6.45) is 0.627. The van der Waals surface area contributed by atoms with Gasteiger partial charge in [0.2, 0.25) is 6.43 Å². The first-order valence-corrected chi connectivity index (χ1v) is 5.86. The minimum Gasteiger partial charge on any atom is -0.310 e. The van der Waals surface area contributed by atoms with E-state index in [0.29, 0.717) is 12.5 Å². The van der Waals surface area contributed by atoms with Gasteiger partial charge in [0, 0.05) is 12.5 Å². The summed E-state index contributed by atoms with van der Waals surface area (Å²) in [4.78, 5) is 0. The maximum Gasteiger partial charge on any atom is 0.239 e. The van der Waals surface area contributed by atoms with Crippen molar-refractivity contribution in [2.75, 3.05) is 6.54 Å². The zero-order valence-electron chi connectivity index (χ0n) is 9.26. The second-order valence-corrected chi connectivity index (χ2v) is 4.32. The monoisotopic (exact) mass is 225 g/mol. The Labute approximate surface area is 94.9 Å². The first-order chi connectivity index (χ1) is 7.75. The molecular formula is C13H17F2N. The fourth-order valence-corrected chi connectivity index (χ4v) is 2.16. The Hall–Kier alpha value is -0.960. The third-order valence-corrected chi connectivity index (χ3v) is 3.09. The van der Waals surface area contributed by atoms with Crippen LogP contribution in [-0.2, 0) is 6.42 Å². The lowest BCUT2D eigenvalue weighted by molar-refractivity contribution is 0.138. The van der Waals surface area contributed by atoms with E-state index in [0.717, 1.165) is 12.1 Å². The quantitative estimate of drug-likeness (QED) is 0.829. The van der Waals surface area contributed by atoms with Gasteiger partial charge in [0.1, 0.15) is 0 Å². The van der Waals surface area contributed by atoms with Gasteiger partial charge in [-0.2, -0.15) is 0 Å². The molecule has 0 spiro atoms. The number of alkyl halides is 2. The van der Waals surface area contributed by atoms with Crippen molar-refractivity contribution >= 4 is 0 Å². The van der Waals surface area contributed by atoms with Crippen LogP contribution in [-0.4, -0.2) is 13.0 Å². The van der Waals surface area contributed by atoms with Crippen LogP contribution in [0.15, 0.2) is 24.3 Å². The van der Waals surface area contributed by atoms with E-state index in [4.69, 9.17) is 0 Å². The lowest BCUT2D eigenvalue weighted by Crippen LogP contribution is -2.12. The van der Waals surface area contributed by atoms with Crippen molar-refractivity contribution < 1.29 is 8.78 Å². The van der Waals surface area contributed by atoms with Crippen LogP contribution in [0.2, 0.25) is 0 Å². The average Bonchev–Trinajstić information content (AvgIpc) is 2.80. The summed E-state index contributed by atoms with van der Waals surface area (Å²) in [7, 11) is 0. The summed E-state index contributed by atoms with van der Waals surface area (Å²) in [5.74, 6) is 0. The molecule has 1 heterocycles. The van der Waals surface area contributed by atoms with E-state index < -0.39 is 6.43 Å². The molecule has 1 saturated heterocycles. The van der Waals surface area contributed by atoms with Gasteiger partial charge in [-0.05, 0) is 36.9 Å². The zero-order valence-corrected chi connectivity index (χ0v) is 9.26. The molecule has 88 valence electrons. The third kappa shape index (κ3) is 3.01. The van der Waals surface area contributed by atoms with Crippen LogP contribution in [0.5, 0.6) is 0 Å². The molecule has 1 aromatic carbocycles. The van der Waals surface area contributed by atoms with Crippen LogP contribution >= 0.6 is 0 Å². The highest BCUT2D eigenvalue weighted by Crippen LogP contribution is 2.23. The first-order valence-electron chi connectivity index (χ1n) is 5.86. The van der Waals surface area contributed by atoms with Crippen LogP contribution in [0, 0.1) is 0 Å². The normalized spacial score (nSPS) is 20.6. The topological polar surface area (TPSA) is 12.0 Å². The van der Waals surface area contributed by atoms with E-state index in [1.165, 1.54) is 18.4 Å². The SMILES string of the molecule is FC(F)CCc1ccc(C2CCCN2)cc1. The van der Waals surface area contributed by atoms with Crippen LogP contribution in [0.1, 0.15) is 36.4 Å². The largest absolute Gasteiger partial charge is 0.310 e. The third-order valence-electron chi connectivity index (χ3n) is 3.09. The number of aryl methyl sites for hydroxylation is 1. The predicted octanol–water partition coefficient (Wildman–Crippen LogP) is 3.31. The Morgan fingerprint density at radius 3 is 2.56 bits per heavy atom. The zero-order chi connectivity index (χ0) is 11.4. The summed E-state index contributed by atoms with van der Waals surface area (Å²) >= 11 is 0. The van der Waals surface area contributed by atoms with E-state index >= 15 is 0 Å². The molecule has 0 aliphatic carbocycles. The highest BCUT2D eigenvalue weighted by Gasteiger charge is 2.15. The molecule has 3 heteroatoms. The molecule has 1 fully saturated rings. The van der Waals surface area contributed by atoms with E-state index in [1.807, 2.05) is 12.1 Å². The van der Waals surface area contributed by atoms with Crippen LogP contribution in [0.4, 0.5) is 8.78 Å². The molecule has 0 saturated carbocycles. The second-order valence-electron chi connectivity index (χ2n) is 4.32. The van der Waals surface area contributed by atoms with Gasteiger partial charge in [-0.3, -0.25) is 0 Å². The molecule has 1 aliphatic heterocycles. The molecule has 0 bridgehead atoms. The predicted molar refractivity (Wildman–Crippen MR) is 60.7 cm³/mol. The van der Waals surface area contributed by atoms with Gasteiger partial charge in [-0.25, -0.2) is 8.78 Å². The fourth-order valence-electron chi connectivity index (χ4n) is 2.16. The van der Waals surface area contributed by atoms with Crippen LogP contribution in [0.3, 0.4) is 0 Å². The molecule has 2 rings (SSSR count). The van der Waals surface area contributed by atoms with Crippen molar-refractivity contribution in [3.63, 3.8) is 0 Å². The molecule has 16 heavy (non-hydrogen) atoms. The molecule has 1 aliphatic rings. The van der Waals surface area contributed by atoms with Crippen LogP contribution in [0.25, 0.3) is 0 Å². The number of hydrogen-bond donors (Lipinski definition) is 1. The summed E-state index contributed by atoms with van der Waals surface area (Å²) in [6.45, 7) is 1.08. The van der Waals surface area contributed by atoms with Crippen molar-refractivity contribution in [3.8, 4) is 0 Å². The van der Waals surface area contributed by atoms with E-state index in [2.05, 4.69) is 17.4 Å². The average molecular weight is 225 g/mol. The lowest BCUT2D eigenvalue weighted by atomic mass is 10.0. The van der Waals surface area contributed by atoms with Crippen molar-refractivity contribution in [1.29, 1.82) is 0 Å². The van der Waals surface area contributed by atoms with Crippen molar-refractivity contribution in [1.82, 2.24) is 5.32 Å². The van der Waals surface area contributed by atoms with Crippen molar-refractivity contribution in [3.05, 3.63) is 35.4 Å². The minimum absolute atomic E-state index is 0.0406. The molecule has 1 N–H and O–H groups in total. The molecule has 0 aromatic heterocycles. The first kappa shape index (κ1) is 11.5. The van der Waals surface area contributed by atoms with Crippen molar-refractivity contribution in [2.24, 2.45) is 0 Å². The van der Waals surface area contributed by atoms with Gasteiger partial charge in [0.25, 0.3) is 0 Å². The summed E-state index contributed by atoms with van der Waals surface area (Å²) < 4.78 is 24.1. The van der Waals surface area contributed by atoms with Gasteiger partial charge in [0.15, 0.2) is 0 Å². The standard InChI is InChI=1S/C13H17F2N/c14-13(15)8-5-10-3-6-11(7-4-10)12-2-1-9-16-12/h3-4,6-7,12-13,16H,1-2,5,8-9H2. The second kappa shape index (κ2) is 5.39. The highest BCUT2D eigenvalue weighted by atomic mass is 19.3. The molecule has 0 amide bonds. The maximum absolute atomic E-state index is 12.0. The molecule has 0 radical (unpaired) electrons. The highest BCUT2D eigenvalue weighted by molar-refractivity contribution is 5.25. The molecule has 1 nitrogen and oxygen atoms in total. The Morgan fingerprint density at radius 1 is 1.25 bits per heavy atom. The molecule has 1 unspecified atom stereocenters. The Morgan fingerprint density at radius 2 is 2.00 bits per heavy atom. The summed E-state index contributed by atoms with van der Waals surface area (Å²) in [5, 5.41) is 3.42. The molecule has 1 atom stereocenters. The summed E-state index contributed by atoms with van der Waals surface area (Å²) in [6, 6.07) is 8.52. The van der Waals surface area contributed by atoms with Gasteiger partial charge < -0.3 is 5.32 Å². The Kier molecular flexibility index (Phi) is 3.88. The number of benzene rings is 1. The number of rotatable bonds is 4. The Bertz CT molecular complexity index is 315. The Balaban J connectivity index is 1.93. The minimum atomic E-state index is -2.20. The number of halogens is 2. The van der Waals surface area contributed by atoms with Crippen molar-refractivity contribution in [2.45, 2.75) is 38.2 Å². The fraction of sp³-hybridized carbons (Fsp3) is 0.538. The van der Waals surface area contributed by atoms with E-state index in [9.17, 15) is 8.78 Å². The smallest absolute Gasteiger partial charge is 0.239 e. The van der Waals surface area contributed by atoms with E-state index in [-0.39, 0.29) is 6.42 Å². The van der Waals surface area contributed by atoms with Gasteiger partial charge in [0.05, 0.1) is 0 Å². The number of nitrogens with one attached hydrogen (secondary N) is 1. The van der Waals surface area contributed by atoms with Crippen LogP contribution < -0.4 is 5.32 Å². The van der Waals surface area contributed by atoms with Gasteiger partial charge in [-0.1, -0.05) is 24.3 Å². The van der Waals surface area contributed by atoms with E-state index in [1.54, 1.807) is 0 Å². The summed E-state index contributed by atoms with van der Waals surface area (Å²) in [5.41, 5.74) is 2.28. The molecule has 1 aromatic rings. The number of hydrogen-bond acceptors (Lipinski definition) is 1. The maximum atomic E-state index is 12.0. The van der Waals surface area contributed by atoms with Gasteiger partial charge in [-0.15, -0.1) is 0 Å².